The molecular formula is C17H38N2OSi4. The zero-order valence-corrected chi connectivity index (χ0v) is 21.4. The summed E-state index contributed by atoms with van der Waals surface area (Å²) < 4.78 is 6.96. The van der Waals surface area contributed by atoms with Gasteiger partial charge in [-0.1, -0.05) is 69.6 Å². The molecule has 138 valence electrons. The van der Waals surface area contributed by atoms with Crippen LogP contribution in [0.2, 0.25) is 58.9 Å². The van der Waals surface area contributed by atoms with Crippen LogP contribution in [0.5, 0.6) is 0 Å². The number of hydrazine groups is 1. The summed E-state index contributed by atoms with van der Waals surface area (Å²) in [7, 11) is -4.64. The maximum atomic E-state index is 6.96. The summed E-state index contributed by atoms with van der Waals surface area (Å²) in [5, 5.41) is 3.91. The predicted octanol–water partition coefficient (Wildman–Crippen LogP) is 4.62. The summed E-state index contributed by atoms with van der Waals surface area (Å²) in [6.07, 6.45) is 0. The summed E-state index contributed by atoms with van der Waals surface area (Å²) in [5.74, 6) is 0. The highest BCUT2D eigenvalue weighted by atomic mass is 29.6. The molecule has 0 radical (unpaired) electrons. The van der Waals surface area contributed by atoms with Gasteiger partial charge in [0.25, 0.3) is 0 Å². The second kappa shape index (κ2) is 7.69. The molecule has 7 heteroatoms. The lowest BCUT2D eigenvalue weighted by Gasteiger charge is -2.55. The molecule has 1 unspecified atom stereocenters. The zero-order chi connectivity index (χ0) is 18.8. The first-order chi connectivity index (χ1) is 10.8. The van der Waals surface area contributed by atoms with Crippen molar-refractivity contribution in [1.82, 2.24) is 10.5 Å². The number of nitrogens with one attached hydrogen (secondary N) is 2. The SMILES string of the molecule is CNN[Si](C(O[Si](C)(C)C)c1ccccc1)([Si](C)(C)C)[Si](C)(C)C. The standard InChI is InChI=1S/C17H38N2OSi4/c1-18-19-24(22(5,6)7,23(8,9)10)17(20-21(2,3)4)16-14-12-11-13-15-16/h11-15,17-19H,1-10H3. The van der Waals surface area contributed by atoms with Crippen molar-refractivity contribution in [1.29, 1.82) is 0 Å². The largest absolute Gasteiger partial charge is 0.412 e. The highest BCUT2D eigenvalue weighted by molar-refractivity contribution is 7.68. The molecule has 1 aromatic carbocycles. The van der Waals surface area contributed by atoms with Gasteiger partial charge in [-0.3, -0.25) is 10.5 Å². The fourth-order valence-corrected chi connectivity index (χ4v) is 49.1. The van der Waals surface area contributed by atoms with E-state index in [9.17, 15) is 0 Å². The Kier molecular flexibility index (Phi) is 7.05. The van der Waals surface area contributed by atoms with Gasteiger partial charge in [-0.25, -0.2) is 0 Å². The summed E-state index contributed by atoms with van der Waals surface area (Å²) in [5.41, 5.74) is 4.95. The predicted molar refractivity (Wildman–Crippen MR) is 118 cm³/mol. The minimum atomic E-state index is -1.95. The Labute approximate surface area is 153 Å². The van der Waals surface area contributed by atoms with Gasteiger partial charge in [0, 0.05) is 0 Å². The summed E-state index contributed by atoms with van der Waals surface area (Å²) in [4.78, 5) is 0. The van der Waals surface area contributed by atoms with Crippen molar-refractivity contribution in [2.75, 3.05) is 7.05 Å². The van der Waals surface area contributed by atoms with E-state index in [1.807, 2.05) is 7.05 Å². The second-order valence-corrected chi connectivity index (χ2v) is 40.8. The molecule has 0 bridgehead atoms. The average Bonchev–Trinajstić information content (AvgIpc) is 2.39. The molecule has 1 aromatic rings. The molecule has 0 aliphatic heterocycles. The lowest BCUT2D eigenvalue weighted by Crippen LogP contribution is -2.84. The monoisotopic (exact) mass is 398 g/mol. The Balaban J connectivity index is 3.68. The van der Waals surface area contributed by atoms with Crippen LogP contribution in [0.1, 0.15) is 11.3 Å². The van der Waals surface area contributed by atoms with Crippen LogP contribution in [0.4, 0.5) is 0 Å². The van der Waals surface area contributed by atoms with E-state index in [-0.39, 0.29) is 5.73 Å². The molecule has 0 amide bonds. The number of hydrogen-bond donors (Lipinski definition) is 2. The second-order valence-electron chi connectivity index (χ2n) is 9.70. The molecule has 3 nitrogen and oxygen atoms in total. The number of benzene rings is 1. The smallest absolute Gasteiger partial charge is 0.184 e. The van der Waals surface area contributed by atoms with Crippen molar-refractivity contribution in [2.45, 2.75) is 64.7 Å². The van der Waals surface area contributed by atoms with Crippen LogP contribution in [0.25, 0.3) is 0 Å². The van der Waals surface area contributed by atoms with Gasteiger partial charge in [-0.05, 0) is 32.3 Å². The molecule has 0 aromatic heterocycles. The van der Waals surface area contributed by atoms with Gasteiger partial charge in [0.2, 0.25) is 0 Å². The van der Waals surface area contributed by atoms with Crippen LogP contribution < -0.4 is 10.5 Å². The van der Waals surface area contributed by atoms with E-state index in [1.165, 1.54) is 5.56 Å². The first kappa shape index (κ1) is 22.0. The van der Waals surface area contributed by atoms with E-state index in [4.69, 9.17) is 4.43 Å². The van der Waals surface area contributed by atoms with Crippen LogP contribution in [-0.4, -0.2) is 37.8 Å². The normalized spacial score (nSPS) is 15.4. The Morgan fingerprint density at radius 3 is 1.58 bits per heavy atom. The molecule has 24 heavy (non-hydrogen) atoms. The Bertz CT molecular complexity index is 504. The minimum absolute atomic E-state index is 0.219. The van der Waals surface area contributed by atoms with E-state index in [0.717, 1.165) is 0 Å². The highest BCUT2D eigenvalue weighted by Gasteiger charge is 2.61. The fraction of sp³-hybridized carbons (Fsp3) is 0.647. The van der Waals surface area contributed by atoms with Crippen molar-refractivity contribution < 1.29 is 4.43 Å². The lowest BCUT2D eigenvalue weighted by molar-refractivity contribution is 0.268. The molecule has 0 spiro atoms. The summed E-state index contributed by atoms with van der Waals surface area (Å²) in [6.45, 7) is 22.1. The topological polar surface area (TPSA) is 33.3 Å². The first-order valence-electron chi connectivity index (χ1n) is 8.93. The summed E-state index contributed by atoms with van der Waals surface area (Å²) in [6, 6.07) is 11.0. The molecule has 1 atom stereocenters. The van der Waals surface area contributed by atoms with Crippen LogP contribution in [0.15, 0.2) is 30.3 Å². The molecule has 0 saturated carbocycles. The minimum Gasteiger partial charge on any atom is -0.412 e. The van der Waals surface area contributed by atoms with Crippen molar-refractivity contribution in [3.63, 3.8) is 0 Å². The van der Waals surface area contributed by atoms with Crippen LogP contribution >= 0.6 is 0 Å². The maximum Gasteiger partial charge on any atom is 0.184 e. The lowest BCUT2D eigenvalue weighted by atomic mass is 10.2. The third-order valence-corrected chi connectivity index (χ3v) is 42.5. The van der Waals surface area contributed by atoms with Crippen molar-refractivity contribution in [3.8, 4) is 0 Å². The van der Waals surface area contributed by atoms with Gasteiger partial charge < -0.3 is 4.43 Å². The van der Waals surface area contributed by atoms with Crippen molar-refractivity contribution in [2.24, 2.45) is 0 Å². The average molecular weight is 399 g/mol. The van der Waals surface area contributed by atoms with E-state index in [2.05, 4.69) is 99.8 Å². The van der Waals surface area contributed by atoms with Crippen molar-refractivity contribution >= 4 is 30.8 Å². The third-order valence-electron chi connectivity index (χ3n) is 4.66. The van der Waals surface area contributed by atoms with Crippen molar-refractivity contribution in [3.05, 3.63) is 35.9 Å². The van der Waals surface area contributed by atoms with Gasteiger partial charge in [0.1, 0.15) is 0 Å². The number of rotatable bonds is 8. The van der Waals surface area contributed by atoms with Gasteiger partial charge in [0.15, 0.2) is 15.6 Å². The molecule has 0 aliphatic rings. The van der Waals surface area contributed by atoms with Crippen LogP contribution in [0.3, 0.4) is 0 Å². The maximum absolute atomic E-state index is 6.96. The van der Waals surface area contributed by atoms with Gasteiger partial charge >= 0.3 is 0 Å². The van der Waals surface area contributed by atoms with E-state index in [1.54, 1.807) is 0 Å². The Hall–Kier alpha value is -0.0325. The van der Waals surface area contributed by atoms with Crippen LogP contribution in [0, 0.1) is 0 Å². The molecule has 0 heterocycles. The molecular weight excluding hydrogens is 361 g/mol. The van der Waals surface area contributed by atoms with Crippen LogP contribution in [-0.2, 0) is 4.43 Å². The summed E-state index contributed by atoms with van der Waals surface area (Å²) >= 11 is 0. The van der Waals surface area contributed by atoms with E-state index in [0.29, 0.717) is 0 Å². The van der Waals surface area contributed by atoms with Gasteiger partial charge in [-0.15, -0.1) is 0 Å². The molecule has 0 fully saturated rings. The molecule has 0 saturated heterocycles. The Morgan fingerprint density at radius 1 is 0.792 bits per heavy atom. The number of hydrogen-bond acceptors (Lipinski definition) is 3. The first-order valence-corrected chi connectivity index (χ1v) is 23.4. The molecule has 2 N–H and O–H groups in total. The third kappa shape index (κ3) is 4.78. The Morgan fingerprint density at radius 2 is 1.25 bits per heavy atom. The van der Waals surface area contributed by atoms with E-state index >= 15 is 0 Å². The molecule has 1 rings (SSSR count). The quantitative estimate of drug-likeness (QED) is 0.495. The van der Waals surface area contributed by atoms with Gasteiger partial charge in [-0.2, -0.15) is 0 Å². The van der Waals surface area contributed by atoms with Gasteiger partial charge in [0.05, 0.1) is 20.9 Å². The molecule has 0 aliphatic carbocycles. The highest BCUT2D eigenvalue weighted by Crippen LogP contribution is 2.40. The van der Waals surface area contributed by atoms with E-state index < -0.39 is 30.8 Å². The zero-order valence-electron chi connectivity index (χ0n) is 17.4. The fourth-order valence-electron chi connectivity index (χ4n) is 3.94.